The number of rotatable bonds is 9. The molecule has 6 atom stereocenters. The van der Waals surface area contributed by atoms with Crippen LogP contribution in [-0.2, 0) is 19.1 Å². The molecule has 0 unspecified atom stereocenters. The Labute approximate surface area is 243 Å². The molecule has 1 aromatic rings. The van der Waals surface area contributed by atoms with E-state index in [1.165, 1.54) is 0 Å². The predicted molar refractivity (Wildman–Crippen MR) is 159 cm³/mol. The smallest absolute Gasteiger partial charge is 0.304 e. The summed E-state index contributed by atoms with van der Waals surface area (Å²) in [6.45, 7) is 17.9. The summed E-state index contributed by atoms with van der Waals surface area (Å²) in [6.07, 6.45) is 2.44. The molecule has 0 saturated heterocycles. The molecule has 1 aliphatic heterocycles. The average molecular weight is 561 g/mol. The van der Waals surface area contributed by atoms with Gasteiger partial charge in [-0.2, -0.15) is 0 Å². The molecule has 6 nitrogen and oxygen atoms in total. The Hall–Kier alpha value is -3.41. The molecular formula is C35H44O6. The van der Waals surface area contributed by atoms with Gasteiger partial charge in [-0.05, 0) is 69.8 Å². The number of ketones is 2. The van der Waals surface area contributed by atoms with E-state index in [0.29, 0.717) is 12.0 Å². The lowest BCUT2D eigenvalue weighted by atomic mass is 9.48. The van der Waals surface area contributed by atoms with Gasteiger partial charge in [-0.3, -0.25) is 14.4 Å². The van der Waals surface area contributed by atoms with Crippen LogP contribution in [0.15, 0.2) is 76.8 Å². The van der Waals surface area contributed by atoms with Gasteiger partial charge in [0.25, 0.3) is 0 Å². The molecule has 0 aromatic heterocycles. The first-order valence-corrected chi connectivity index (χ1v) is 14.6. The number of Topliss-reactive ketones (excluding diaryl/α,β-unsaturated/α-hetero) is 2. The molecule has 1 saturated carbocycles. The average Bonchev–Trinajstić information content (AvgIpc) is 2.89. The van der Waals surface area contributed by atoms with Crippen molar-refractivity contribution in [2.45, 2.75) is 86.2 Å². The first kappa shape index (κ1) is 30.5. The third-order valence-electron chi connectivity index (χ3n) is 9.96. The number of benzene rings is 1. The van der Waals surface area contributed by atoms with Crippen LogP contribution in [0.3, 0.4) is 0 Å². The van der Waals surface area contributed by atoms with E-state index in [0.717, 1.165) is 17.6 Å². The van der Waals surface area contributed by atoms with E-state index in [2.05, 4.69) is 20.4 Å². The summed E-state index contributed by atoms with van der Waals surface area (Å²) in [6, 6.07) is 9.09. The van der Waals surface area contributed by atoms with Gasteiger partial charge < -0.3 is 14.9 Å². The van der Waals surface area contributed by atoms with Crippen molar-refractivity contribution < 1.29 is 29.3 Å². The molecule has 1 fully saturated rings. The van der Waals surface area contributed by atoms with Gasteiger partial charge >= 0.3 is 5.97 Å². The summed E-state index contributed by atoms with van der Waals surface area (Å²) in [7, 11) is 0. The Kier molecular flexibility index (Phi) is 8.28. The summed E-state index contributed by atoms with van der Waals surface area (Å²) in [5.41, 5.74) is 1.38. The van der Waals surface area contributed by atoms with Gasteiger partial charge in [-0.1, -0.05) is 74.9 Å². The number of carboxylic acid groups (broad SMARTS) is 1. The quantitative estimate of drug-likeness (QED) is 0.240. The molecule has 3 aliphatic rings. The standard InChI is InChI=1S/C35H44O6/c1-19(2)14-15-35(18-24-16-26(20(3)4)34(24,7)8)32(39)28(25(17-27(36)37)23-12-10-9-11-13-23)31-29(33(35)40)30(38)21(5)22(6)41-31/h9-14,21-22,24-26,39H,3,15-18H2,1-2,4-8H3,(H,36,37)/t21-,22-,24-,25+,26-,35+/m0/s1. The molecule has 4 rings (SSSR count). The van der Waals surface area contributed by atoms with Crippen molar-refractivity contribution in [3.8, 4) is 0 Å². The maximum Gasteiger partial charge on any atom is 0.304 e. The van der Waals surface area contributed by atoms with Crippen molar-refractivity contribution in [2.24, 2.45) is 28.6 Å². The van der Waals surface area contributed by atoms with Gasteiger partial charge in [-0.25, -0.2) is 0 Å². The van der Waals surface area contributed by atoms with Crippen LogP contribution in [0.1, 0.15) is 85.6 Å². The molecule has 41 heavy (non-hydrogen) atoms. The van der Waals surface area contributed by atoms with Gasteiger partial charge in [0.2, 0.25) is 0 Å². The van der Waals surface area contributed by atoms with Crippen molar-refractivity contribution in [1.29, 1.82) is 0 Å². The lowest BCUT2D eigenvalue weighted by Gasteiger charge is -2.56. The van der Waals surface area contributed by atoms with Crippen LogP contribution in [-0.4, -0.2) is 33.9 Å². The summed E-state index contributed by atoms with van der Waals surface area (Å²) in [5, 5.41) is 22.4. The Morgan fingerprint density at radius 2 is 1.78 bits per heavy atom. The van der Waals surface area contributed by atoms with E-state index in [4.69, 9.17) is 4.74 Å². The summed E-state index contributed by atoms with van der Waals surface area (Å²) in [5.74, 6) is -2.92. The minimum absolute atomic E-state index is 0.0366. The molecule has 6 heteroatoms. The minimum atomic E-state index is -1.42. The SMILES string of the molecule is C=C(C)[C@@H]1C[C@@H](C[C@@]2(CC=C(C)C)C(=O)C3=C(O[C@@H](C)[C@H](C)C3=O)C([C@H](CC(=O)O)c3ccccc3)=C2O)C1(C)C. The van der Waals surface area contributed by atoms with Gasteiger partial charge in [0.15, 0.2) is 11.6 Å². The van der Waals surface area contributed by atoms with Crippen molar-refractivity contribution >= 4 is 17.5 Å². The Morgan fingerprint density at radius 3 is 2.32 bits per heavy atom. The monoisotopic (exact) mass is 560 g/mol. The highest BCUT2D eigenvalue weighted by Crippen LogP contribution is 2.61. The van der Waals surface area contributed by atoms with Crippen LogP contribution in [0.5, 0.6) is 0 Å². The van der Waals surface area contributed by atoms with Gasteiger partial charge in [0, 0.05) is 11.5 Å². The largest absolute Gasteiger partial charge is 0.511 e. The fourth-order valence-electron chi connectivity index (χ4n) is 7.05. The summed E-state index contributed by atoms with van der Waals surface area (Å²) in [4.78, 5) is 40.8. The molecule has 2 N–H and O–H groups in total. The Balaban J connectivity index is 2.01. The second kappa shape index (κ2) is 11.1. The van der Waals surface area contributed by atoms with Crippen LogP contribution in [0, 0.1) is 28.6 Å². The summed E-state index contributed by atoms with van der Waals surface area (Å²) >= 11 is 0. The zero-order valence-electron chi connectivity index (χ0n) is 25.4. The number of hydrogen-bond acceptors (Lipinski definition) is 5. The molecule has 0 radical (unpaired) electrons. The van der Waals surface area contributed by atoms with Crippen molar-refractivity contribution in [3.63, 3.8) is 0 Å². The highest BCUT2D eigenvalue weighted by molar-refractivity contribution is 6.25. The number of carbonyl (C=O) groups excluding carboxylic acids is 2. The topological polar surface area (TPSA) is 101 Å². The number of aliphatic hydroxyl groups excluding tert-OH is 1. The van der Waals surface area contributed by atoms with Gasteiger partial charge in [-0.15, -0.1) is 0 Å². The number of aliphatic hydroxyl groups is 1. The number of ether oxygens (including phenoxy) is 1. The highest BCUT2D eigenvalue weighted by atomic mass is 16.5. The normalized spacial score (nSPS) is 29.7. The van der Waals surface area contributed by atoms with Crippen molar-refractivity contribution in [2.75, 3.05) is 0 Å². The van der Waals surface area contributed by atoms with E-state index in [1.54, 1.807) is 13.8 Å². The van der Waals surface area contributed by atoms with E-state index in [9.17, 15) is 24.6 Å². The van der Waals surface area contributed by atoms with E-state index >= 15 is 0 Å². The third kappa shape index (κ3) is 5.22. The summed E-state index contributed by atoms with van der Waals surface area (Å²) < 4.78 is 6.26. The highest BCUT2D eigenvalue weighted by Gasteiger charge is 2.59. The maximum absolute atomic E-state index is 14.7. The first-order chi connectivity index (χ1) is 19.1. The molecule has 2 aliphatic carbocycles. The van der Waals surface area contributed by atoms with E-state index in [1.807, 2.05) is 57.2 Å². The molecule has 220 valence electrons. The third-order valence-corrected chi connectivity index (χ3v) is 9.96. The van der Waals surface area contributed by atoms with E-state index in [-0.39, 0.29) is 58.5 Å². The van der Waals surface area contributed by atoms with Gasteiger partial charge in [0.05, 0.1) is 17.8 Å². The number of aliphatic carboxylic acids is 1. The van der Waals surface area contributed by atoms with E-state index < -0.39 is 35.1 Å². The molecule has 0 spiro atoms. The fraction of sp³-hybridized carbons (Fsp3) is 0.514. The Morgan fingerprint density at radius 1 is 1.15 bits per heavy atom. The number of allylic oxidation sites excluding steroid dienone is 6. The zero-order chi connectivity index (χ0) is 30.4. The molecular weight excluding hydrogens is 516 g/mol. The molecule has 1 aromatic carbocycles. The fourth-order valence-corrected chi connectivity index (χ4v) is 7.05. The zero-order valence-corrected chi connectivity index (χ0v) is 25.4. The second-order valence-electron chi connectivity index (χ2n) is 13.3. The van der Waals surface area contributed by atoms with Crippen molar-refractivity contribution in [3.05, 3.63) is 82.4 Å². The van der Waals surface area contributed by atoms with Crippen LogP contribution >= 0.6 is 0 Å². The van der Waals surface area contributed by atoms with Crippen LogP contribution in [0.4, 0.5) is 0 Å². The number of carboxylic acids is 1. The molecule has 0 amide bonds. The molecule has 0 bridgehead atoms. The number of carbonyl (C=O) groups is 3. The van der Waals surface area contributed by atoms with Crippen LogP contribution in [0.25, 0.3) is 0 Å². The van der Waals surface area contributed by atoms with Crippen molar-refractivity contribution in [1.82, 2.24) is 0 Å². The lowest BCUT2D eigenvalue weighted by Crippen LogP contribution is -2.52. The van der Waals surface area contributed by atoms with Crippen LogP contribution in [0.2, 0.25) is 0 Å². The van der Waals surface area contributed by atoms with Gasteiger partial charge in [0.1, 0.15) is 23.2 Å². The predicted octanol–water partition coefficient (Wildman–Crippen LogP) is 7.49. The lowest BCUT2D eigenvalue weighted by molar-refractivity contribution is -0.137. The first-order valence-electron chi connectivity index (χ1n) is 14.6. The number of hydrogen-bond donors (Lipinski definition) is 2. The van der Waals surface area contributed by atoms with Crippen LogP contribution < -0.4 is 0 Å². The molecule has 1 heterocycles. The minimum Gasteiger partial charge on any atom is -0.511 e. The maximum atomic E-state index is 14.7. The second-order valence-corrected chi connectivity index (χ2v) is 13.3. The Bertz CT molecular complexity index is 1360.